The first-order chi connectivity index (χ1) is 11.2. The molecule has 0 radical (unpaired) electrons. The Bertz CT molecular complexity index is 660. The van der Waals surface area contributed by atoms with Crippen molar-refractivity contribution in [2.45, 2.75) is 31.0 Å². The van der Waals surface area contributed by atoms with Crippen LogP contribution >= 0.6 is 0 Å². The maximum Gasteiger partial charge on any atom is 0.419 e. The van der Waals surface area contributed by atoms with Crippen molar-refractivity contribution in [1.29, 1.82) is 0 Å². The summed E-state index contributed by atoms with van der Waals surface area (Å²) in [4.78, 5) is 26.6. The maximum absolute atomic E-state index is 12.8. The molecular weight excluding hydrogens is 325 g/mol. The van der Waals surface area contributed by atoms with Crippen molar-refractivity contribution in [3.8, 4) is 0 Å². The van der Waals surface area contributed by atoms with Gasteiger partial charge < -0.3 is 14.9 Å². The van der Waals surface area contributed by atoms with Crippen LogP contribution in [-0.4, -0.2) is 53.2 Å². The zero-order valence-corrected chi connectivity index (χ0v) is 12.8. The van der Waals surface area contributed by atoms with E-state index in [0.29, 0.717) is 18.7 Å². The lowest BCUT2D eigenvalue weighted by atomic mass is 10.0. The van der Waals surface area contributed by atoms with Gasteiger partial charge in [-0.25, -0.2) is 0 Å². The number of carbonyl (C=O) groups excluding carboxylic acids is 2. The van der Waals surface area contributed by atoms with E-state index in [4.69, 9.17) is 0 Å². The highest BCUT2D eigenvalue weighted by Crippen LogP contribution is 2.38. The zero-order valence-electron chi connectivity index (χ0n) is 12.8. The molecule has 0 bridgehead atoms. The number of alkyl halides is 3. The molecule has 0 spiro atoms. The second kappa shape index (κ2) is 5.77. The molecule has 0 unspecified atom stereocenters. The highest BCUT2D eigenvalue weighted by Gasteiger charge is 2.57. The fraction of sp³-hybridized carbons (Fsp3) is 0.500. The predicted molar refractivity (Wildman–Crippen MR) is 79.6 cm³/mol. The third kappa shape index (κ3) is 2.86. The minimum atomic E-state index is -4.76. The van der Waals surface area contributed by atoms with Gasteiger partial charge in [-0.3, -0.25) is 9.59 Å². The van der Waals surface area contributed by atoms with Gasteiger partial charge in [-0.15, -0.1) is 0 Å². The Kier molecular flexibility index (Phi) is 4.03. The van der Waals surface area contributed by atoms with E-state index in [2.05, 4.69) is 0 Å². The van der Waals surface area contributed by atoms with Gasteiger partial charge in [0.05, 0.1) is 6.54 Å². The number of anilines is 1. The van der Waals surface area contributed by atoms with E-state index in [1.165, 1.54) is 12.1 Å². The van der Waals surface area contributed by atoms with Crippen LogP contribution in [0.25, 0.3) is 0 Å². The highest BCUT2D eigenvalue weighted by atomic mass is 19.4. The van der Waals surface area contributed by atoms with Crippen LogP contribution in [0.5, 0.6) is 0 Å². The molecule has 2 heterocycles. The van der Waals surface area contributed by atoms with Gasteiger partial charge in [-0.05, 0) is 30.7 Å². The third-order valence-electron chi connectivity index (χ3n) is 4.56. The monoisotopic (exact) mass is 342 g/mol. The summed E-state index contributed by atoms with van der Waals surface area (Å²) in [5.74, 6) is -0.543. The minimum absolute atomic E-state index is 0.0175. The van der Waals surface area contributed by atoms with E-state index >= 15 is 0 Å². The summed E-state index contributed by atoms with van der Waals surface area (Å²) in [6.07, 6.45) is -4.02. The fourth-order valence-corrected chi connectivity index (χ4v) is 3.09. The van der Waals surface area contributed by atoms with Gasteiger partial charge in [-0.2, -0.15) is 13.2 Å². The number of carbonyl (C=O) groups is 2. The van der Waals surface area contributed by atoms with Crippen LogP contribution < -0.4 is 4.90 Å². The average molecular weight is 342 g/mol. The van der Waals surface area contributed by atoms with Crippen LogP contribution in [0.4, 0.5) is 18.9 Å². The minimum Gasteiger partial charge on any atom is -0.379 e. The van der Waals surface area contributed by atoms with Gasteiger partial charge in [0.2, 0.25) is 5.91 Å². The number of nitrogens with zero attached hydrogens (tertiary/aromatic N) is 2. The van der Waals surface area contributed by atoms with E-state index in [9.17, 15) is 27.9 Å². The lowest BCUT2D eigenvalue weighted by molar-refractivity contribution is -0.253. The van der Waals surface area contributed by atoms with Gasteiger partial charge in [0.25, 0.3) is 5.91 Å². The molecule has 0 saturated carbocycles. The molecule has 1 N–H and O–H groups in total. The first kappa shape index (κ1) is 16.8. The van der Waals surface area contributed by atoms with Crippen molar-refractivity contribution in [3.05, 3.63) is 29.8 Å². The van der Waals surface area contributed by atoms with E-state index in [1.54, 1.807) is 17.0 Å². The summed E-state index contributed by atoms with van der Waals surface area (Å²) in [5.41, 5.74) is -1.94. The zero-order chi connectivity index (χ0) is 17.5. The normalized spacial score (nSPS) is 24.8. The largest absolute Gasteiger partial charge is 0.419 e. The molecular formula is C16H17F3N2O3. The summed E-state index contributed by atoms with van der Waals surface area (Å²) in [6, 6.07) is 6.22. The van der Waals surface area contributed by atoms with Crippen molar-refractivity contribution in [2.75, 3.05) is 24.5 Å². The van der Waals surface area contributed by atoms with Gasteiger partial charge in [0.1, 0.15) is 0 Å². The van der Waals surface area contributed by atoms with Crippen molar-refractivity contribution in [2.24, 2.45) is 0 Å². The average Bonchev–Trinajstić information content (AvgIpc) is 3.13. The van der Waals surface area contributed by atoms with E-state index in [1.807, 2.05) is 0 Å². The molecule has 24 heavy (non-hydrogen) atoms. The first-order valence-electron chi connectivity index (χ1n) is 7.70. The van der Waals surface area contributed by atoms with Crippen molar-refractivity contribution < 1.29 is 27.9 Å². The first-order valence-corrected chi connectivity index (χ1v) is 7.70. The second-order valence-corrected chi connectivity index (χ2v) is 6.20. The lowest BCUT2D eigenvalue weighted by Gasteiger charge is -2.26. The second-order valence-electron chi connectivity index (χ2n) is 6.20. The molecule has 0 aromatic heterocycles. The summed E-state index contributed by atoms with van der Waals surface area (Å²) < 4.78 is 38.5. The Balaban J connectivity index is 1.71. The molecule has 2 fully saturated rings. The molecule has 2 aliphatic rings. The molecule has 1 aromatic carbocycles. The van der Waals surface area contributed by atoms with Gasteiger partial charge in [0.15, 0.2) is 5.60 Å². The van der Waals surface area contributed by atoms with Crippen LogP contribution in [0.1, 0.15) is 29.6 Å². The Morgan fingerprint density at radius 3 is 2.33 bits per heavy atom. The van der Waals surface area contributed by atoms with Crippen LogP contribution in [0, 0.1) is 0 Å². The van der Waals surface area contributed by atoms with Crippen LogP contribution in [-0.2, 0) is 4.79 Å². The molecule has 5 nitrogen and oxygen atoms in total. The highest BCUT2D eigenvalue weighted by molar-refractivity contribution is 5.97. The number of halogens is 3. The predicted octanol–water partition coefficient (Wildman–Crippen LogP) is 1.95. The van der Waals surface area contributed by atoms with Crippen molar-refractivity contribution >= 4 is 17.5 Å². The summed E-state index contributed by atoms with van der Waals surface area (Å²) in [6.45, 7) is -0.292. The molecule has 1 aromatic rings. The number of hydrogen-bond donors (Lipinski definition) is 1. The van der Waals surface area contributed by atoms with Crippen LogP contribution in [0.3, 0.4) is 0 Å². The number of β-amino-alcohol motifs (C(OH)–C–C–N with tert-alkyl or cyclic N) is 1. The Morgan fingerprint density at radius 2 is 1.83 bits per heavy atom. The number of hydrogen-bond acceptors (Lipinski definition) is 3. The Labute approximate surface area is 136 Å². The molecule has 3 rings (SSSR count). The fourth-order valence-electron chi connectivity index (χ4n) is 3.09. The molecule has 2 amide bonds. The standard InChI is InChI=1S/C16H17F3N2O3/c17-16(18,19)15(24)7-9-20(10-15)14(23)11-3-5-12(6-4-11)21-8-1-2-13(21)22/h3-6,24H,1-2,7-10H2/t15-/m0/s1. The Morgan fingerprint density at radius 1 is 1.17 bits per heavy atom. The Hall–Kier alpha value is -2.09. The summed E-state index contributed by atoms with van der Waals surface area (Å²) in [7, 11) is 0. The number of amides is 2. The molecule has 130 valence electrons. The SMILES string of the molecule is O=C(c1ccc(N2CCCC2=O)cc1)N1CC[C@@](O)(C(F)(F)F)C1. The lowest BCUT2D eigenvalue weighted by Crippen LogP contribution is -2.48. The maximum atomic E-state index is 12.8. The molecule has 2 aliphatic heterocycles. The van der Waals surface area contributed by atoms with Crippen LogP contribution in [0.15, 0.2) is 24.3 Å². The topological polar surface area (TPSA) is 60.9 Å². The van der Waals surface area contributed by atoms with Crippen molar-refractivity contribution in [1.82, 2.24) is 4.90 Å². The molecule has 8 heteroatoms. The molecule has 1 atom stereocenters. The number of rotatable bonds is 2. The van der Waals surface area contributed by atoms with E-state index < -0.39 is 30.7 Å². The van der Waals surface area contributed by atoms with Gasteiger partial charge in [0, 0.05) is 37.2 Å². The van der Waals surface area contributed by atoms with Gasteiger partial charge in [-0.1, -0.05) is 0 Å². The smallest absolute Gasteiger partial charge is 0.379 e. The quantitative estimate of drug-likeness (QED) is 0.894. The number of likely N-dealkylation sites (tertiary alicyclic amines) is 1. The summed E-state index contributed by atoms with van der Waals surface area (Å²) >= 11 is 0. The molecule has 2 saturated heterocycles. The number of aliphatic hydroxyl groups is 1. The third-order valence-corrected chi connectivity index (χ3v) is 4.56. The van der Waals surface area contributed by atoms with E-state index in [-0.39, 0.29) is 18.0 Å². The van der Waals surface area contributed by atoms with E-state index in [0.717, 1.165) is 11.3 Å². The summed E-state index contributed by atoms with van der Waals surface area (Å²) in [5, 5.41) is 9.65. The molecule has 0 aliphatic carbocycles. The van der Waals surface area contributed by atoms with Gasteiger partial charge >= 0.3 is 6.18 Å². The van der Waals surface area contributed by atoms with Crippen LogP contribution in [0.2, 0.25) is 0 Å². The van der Waals surface area contributed by atoms with Crippen molar-refractivity contribution in [3.63, 3.8) is 0 Å². The number of benzene rings is 1.